The fourth-order valence-corrected chi connectivity index (χ4v) is 3.78. The van der Waals surface area contributed by atoms with E-state index in [-0.39, 0.29) is 4.90 Å². The van der Waals surface area contributed by atoms with Gasteiger partial charge in [-0.3, -0.25) is 9.71 Å². The van der Waals surface area contributed by atoms with Crippen LogP contribution in [0.5, 0.6) is 0 Å². The summed E-state index contributed by atoms with van der Waals surface area (Å²) in [5, 5.41) is 0. The topological polar surface area (TPSA) is 62.3 Å². The first kappa shape index (κ1) is 14.8. The normalized spacial score (nSPS) is 11.2. The Labute approximate surface area is 126 Å². The predicted molar refractivity (Wildman–Crippen MR) is 83.5 cm³/mol. The van der Waals surface area contributed by atoms with Gasteiger partial charge in [0.05, 0.1) is 17.6 Å². The number of nitrogens with zero attached hydrogens (tertiary/aromatic N) is 2. The highest BCUT2D eigenvalue weighted by molar-refractivity contribution is 9.10. The molecule has 0 fully saturated rings. The maximum atomic E-state index is 12.4. The summed E-state index contributed by atoms with van der Waals surface area (Å²) in [5.41, 5.74) is 1.18. The second-order valence-corrected chi connectivity index (χ2v) is 6.83. The van der Waals surface area contributed by atoms with Gasteiger partial charge in [0.1, 0.15) is 4.90 Å². The SMILES string of the molecule is CN(C)c1ccncc1NS(=O)(=O)c1ccccc1Br. The van der Waals surface area contributed by atoms with Crippen LogP contribution in [0.1, 0.15) is 0 Å². The molecule has 0 unspecified atom stereocenters. The van der Waals surface area contributed by atoms with Crippen molar-refractivity contribution in [2.75, 3.05) is 23.7 Å². The van der Waals surface area contributed by atoms with Gasteiger partial charge in [0, 0.05) is 24.8 Å². The van der Waals surface area contributed by atoms with Crippen LogP contribution in [0.2, 0.25) is 0 Å². The molecule has 2 aromatic rings. The highest BCUT2D eigenvalue weighted by Crippen LogP contribution is 2.28. The smallest absolute Gasteiger partial charge is 0.263 e. The molecule has 0 aliphatic heterocycles. The number of pyridine rings is 1. The Morgan fingerprint density at radius 2 is 1.90 bits per heavy atom. The first-order valence-electron chi connectivity index (χ1n) is 5.80. The molecule has 0 aliphatic rings. The second kappa shape index (κ2) is 5.80. The third-order valence-corrected chi connectivity index (χ3v) is 5.03. The van der Waals surface area contributed by atoms with Crippen molar-refractivity contribution in [3.05, 3.63) is 47.2 Å². The summed E-state index contributed by atoms with van der Waals surface area (Å²) in [5.74, 6) is 0. The number of aromatic nitrogens is 1. The van der Waals surface area contributed by atoms with Crippen molar-refractivity contribution >= 4 is 37.3 Å². The lowest BCUT2D eigenvalue weighted by Gasteiger charge is -2.18. The van der Waals surface area contributed by atoms with Crippen LogP contribution in [0.4, 0.5) is 11.4 Å². The van der Waals surface area contributed by atoms with Crippen LogP contribution in [0.15, 0.2) is 52.1 Å². The molecule has 0 saturated heterocycles. The molecule has 0 bridgehead atoms. The summed E-state index contributed by atoms with van der Waals surface area (Å²) in [6.45, 7) is 0. The number of benzene rings is 1. The first-order chi connectivity index (χ1) is 9.42. The molecule has 7 heteroatoms. The molecular weight excluding hydrogens is 342 g/mol. The monoisotopic (exact) mass is 355 g/mol. The lowest BCUT2D eigenvalue weighted by atomic mass is 10.3. The summed E-state index contributed by atoms with van der Waals surface area (Å²) in [6, 6.07) is 8.41. The molecule has 0 amide bonds. The van der Waals surface area contributed by atoms with Gasteiger partial charge >= 0.3 is 0 Å². The Balaban J connectivity index is 2.42. The van der Waals surface area contributed by atoms with Crippen molar-refractivity contribution in [2.24, 2.45) is 0 Å². The fraction of sp³-hybridized carbons (Fsp3) is 0.154. The van der Waals surface area contributed by atoms with Gasteiger partial charge in [-0.25, -0.2) is 8.42 Å². The number of hydrogen-bond acceptors (Lipinski definition) is 4. The van der Waals surface area contributed by atoms with E-state index >= 15 is 0 Å². The van der Waals surface area contributed by atoms with Crippen LogP contribution >= 0.6 is 15.9 Å². The highest BCUT2D eigenvalue weighted by atomic mass is 79.9. The van der Waals surface area contributed by atoms with Crippen LogP contribution in [-0.2, 0) is 10.0 Å². The van der Waals surface area contributed by atoms with E-state index in [0.29, 0.717) is 10.2 Å². The molecule has 1 aromatic carbocycles. The zero-order valence-corrected chi connectivity index (χ0v) is 13.4. The van der Waals surface area contributed by atoms with Gasteiger partial charge in [0.2, 0.25) is 0 Å². The minimum absolute atomic E-state index is 0.188. The molecule has 1 aromatic heterocycles. The maximum Gasteiger partial charge on any atom is 0.263 e. The van der Waals surface area contributed by atoms with Crippen molar-refractivity contribution in [1.82, 2.24) is 4.98 Å². The molecule has 0 saturated carbocycles. The fourth-order valence-electron chi connectivity index (χ4n) is 1.72. The number of sulfonamides is 1. The summed E-state index contributed by atoms with van der Waals surface area (Å²) >= 11 is 3.25. The molecule has 5 nitrogen and oxygen atoms in total. The van der Waals surface area contributed by atoms with Crippen molar-refractivity contribution < 1.29 is 8.42 Å². The number of rotatable bonds is 4. The highest BCUT2D eigenvalue weighted by Gasteiger charge is 2.19. The predicted octanol–water partition coefficient (Wildman–Crippen LogP) is 2.71. The second-order valence-electron chi connectivity index (χ2n) is 4.32. The molecule has 106 valence electrons. The van der Waals surface area contributed by atoms with Crippen molar-refractivity contribution in [3.8, 4) is 0 Å². The summed E-state index contributed by atoms with van der Waals surface area (Å²) in [4.78, 5) is 5.97. The molecule has 0 aliphatic carbocycles. The zero-order valence-electron chi connectivity index (χ0n) is 11.0. The van der Waals surface area contributed by atoms with Gasteiger partial charge in [0.15, 0.2) is 0 Å². The molecule has 0 spiro atoms. The summed E-state index contributed by atoms with van der Waals surface area (Å²) < 4.78 is 27.9. The van der Waals surface area contributed by atoms with Crippen molar-refractivity contribution in [3.63, 3.8) is 0 Å². The first-order valence-corrected chi connectivity index (χ1v) is 8.08. The molecule has 1 heterocycles. The third kappa shape index (κ3) is 3.10. The van der Waals surface area contributed by atoms with E-state index in [9.17, 15) is 8.42 Å². The van der Waals surface area contributed by atoms with Crippen LogP contribution in [-0.4, -0.2) is 27.5 Å². The van der Waals surface area contributed by atoms with Crippen LogP contribution in [0.3, 0.4) is 0 Å². The van der Waals surface area contributed by atoms with Crippen molar-refractivity contribution in [2.45, 2.75) is 4.90 Å². The number of hydrogen-bond donors (Lipinski definition) is 1. The van der Waals surface area contributed by atoms with E-state index in [0.717, 1.165) is 5.69 Å². The largest absolute Gasteiger partial charge is 0.376 e. The quantitative estimate of drug-likeness (QED) is 0.915. The molecule has 0 atom stereocenters. The molecule has 0 radical (unpaired) electrons. The van der Waals surface area contributed by atoms with E-state index < -0.39 is 10.0 Å². The lowest BCUT2D eigenvalue weighted by molar-refractivity contribution is 0.600. The van der Waals surface area contributed by atoms with Crippen molar-refractivity contribution in [1.29, 1.82) is 0 Å². The standard InChI is InChI=1S/C13H14BrN3O2S/c1-17(2)12-7-8-15-9-11(12)16-20(18,19)13-6-4-3-5-10(13)14/h3-9,16H,1-2H3. The van der Waals surface area contributed by atoms with E-state index in [2.05, 4.69) is 25.6 Å². The van der Waals surface area contributed by atoms with Crippen LogP contribution < -0.4 is 9.62 Å². The molecule has 2 rings (SSSR count). The maximum absolute atomic E-state index is 12.4. The minimum Gasteiger partial charge on any atom is -0.376 e. The van der Waals surface area contributed by atoms with Crippen LogP contribution in [0, 0.1) is 0 Å². The number of nitrogens with one attached hydrogen (secondary N) is 1. The Morgan fingerprint density at radius 3 is 2.55 bits per heavy atom. The lowest BCUT2D eigenvalue weighted by Crippen LogP contribution is -2.17. The minimum atomic E-state index is -3.66. The van der Waals surface area contributed by atoms with E-state index in [1.807, 2.05) is 19.0 Å². The summed E-state index contributed by atoms with van der Waals surface area (Å²) in [6.07, 6.45) is 3.11. The Morgan fingerprint density at radius 1 is 1.20 bits per heavy atom. The molecule has 20 heavy (non-hydrogen) atoms. The van der Waals surface area contributed by atoms with E-state index in [1.54, 1.807) is 30.5 Å². The Hall–Kier alpha value is -1.60. The number of anilines is 2. The third-order valence-electron chi connectivity index (χ3n) is 2.65. The van der Waals surface area contributed by atoms with Gasteiger partial charge in [-0.2, -0.15) is 0 Å². The summed E-state index contributed by atoms with van der Waals surface area (Å²) in [7, 11) is 0.0141. The average molecular weight is 356 g/mol. The van der Waals surface area contributed by atoms with E-state index in [1.165, 1.54) is 12.3 Å². The molecule has 1 N–H and O–H groups in total. The number of halogens is 1. The van der Waals surface area contributed by atoms with Gasteiger partial charge in [-0.15, -0.1) is 0 Å². The average Bonchev–Trinajstić information content (AvgIpc) is 2.39. The van der Waals surface area contributed by atoms with E-state index in [4.69, 9.17) is 0 Å². The van der Waals surface area contributed by atoms with Gasteiger partial charge in [-0.05, 0) is 34.1 Å². The molecular formula is C13H14BrN3O2S. The Kier molecular flexibility index (Phi) is 4.29. The van der Waals surface area contributed by atoms with Gasteiger partial charge < -0.3 is 4.90 Å². The van der Waals surface area contributed by atoms with Gasteiger partial charge in [-0.1, -0.05) is 12.1 Å². The Bertz CT molecular complexity index is 717. The van der Waals surface area contributed by atoms with Crippen LogP contribution in [0.25, 0.3) is 0 Å². The zero-order chi connectivity index (χ0) is 14.8. The van der Waals surface area contributed by atoms with Gasteiger partial charge in [0.25, 0.3) is 10.0 Å².